The Hall–Kier alpha value is -1.76. The second kappa shape index (κ2) is 4.85. The molecule has 0 aromatic carbocycles. The number of carbonyl (C=O) groups is 1. The van der Waals surface area contributed by atoms with Gasteiger partial charge in [0.15, 0.2) is 0 Å². The first-order valence-electron chi connectivity index (χ1n) is 5.89. The minimum atomic E-state index is -0.0583. The van der Waals surface area contributed by atoms with Gasteiger partial charge in [-0.3, -0.25) is 4.79 Å². The maximum Gasteiger partial charge on any atom is 0.243 e. The summed E-state index contributed by atoms with van der Waals surface area (Å²) in [6.45, 7) is 0.899. The van der Waals surface area contributed by atoms with E-state index in [2.05, 4.69) is 20.7 Å². The van der Waals surface area contributed by atoms with Crippen LogP contribution in [0, 0.1) is 5.92 Å². The molecule has 1 fully saturated rings. The molecule has 1 aliphatic rings. The van der Waals surface area contributed by atoms with Crippen LogP contribution >= 0.6 is 11.3 Å². The Morgan fingerprint density at radius 1 is 1.56 bits per heavy atom. The van der Waals surface area contributed by atoms with E-state index in [1.54, 1.807) is 11.3 Å². The van der Waals surface area contributed by atoms with Crippen molar-refractivity contribution in [1.82, 2.24) is 25.5 Å². The molecule has 6 nitrogen and oxygen atoms in total. The Balaban J connectivity index is 1.57. The molecule has 18 heavy (non-hydrogen) atoms. The number of hydrogen-bond donors (Lipinski definition) is 1. The van der Waals surface area contributed by atoms with Crippen LogP contribution in [-0.2, 0) is 11.3 Å². The first-order chi connectivity index (χ1) is 8.81. The highest BCUT2D eigenvalue weighted by Crippen LogP contribution is 2.27. The Morgan fingerprint density at radius 3 is 3.17 bits per heavy atom. The molecule has 0 atom stereocenters. The number of thiophene rings is 1. The van der Waals surface area contributed by atoms with Crippen molar-refractivity contribution in [3.05, 3.63) is 17.5 Å². The van der Waals surface area contributed by atoms with Gasteiger partial charge in [0, 0.05) is 6.54 Å². The van der Waals surface area contributed by atoms with E-state index in [-0.39, 0.29) is 12.5 Å². The second-order valence-corrected chi connectivity index (χ2v) is 5.32. The van der Waals surface area contributed by atoms with Crippen molar-refractivity contribution in [2.24, 2.45) is 5.92 Å². The molecule has 7 heteroatoms. The van der Waals surface area contributed by atoms with Gasteiger partial charge in [-0.1, -0.05) is 6.07 Å². The van der Waals surface area contributed by atoms with E-state index in [1.807, 2.05) is 17.5 Å². The molecular weight excluding hydrogens is 250 g/mol. The molecule has 2 aromatic rings. The van der Waals surface area contributed by atoms with Crippen LogP contribution in [0.4, 0.5) is 0 Å². The lowest BCUT2D eigenvalue weighted by Gasteiger charge is -2.01. The number of tetrazole rings is 1. The van der Waals surface area contributed by atoms with Gasteiger partial charge in [-0.15, -0.1) is 21.5 Å². The highest BCUT2D eigenvalue weighted by Gasteiger charge is 2.21. The average molecular weight is 263 g/mol. The number of hydrogen-bond acceptors (Lipinski definition) is 5. The smallest absolute Gasteiger partial charge is 0.243 e. The molecule has 0 saturated heterocycles. The van der Waals surface area contributed by atoms with Gasteiger partial charge >= 0.3 is 0 Å². The summed E-state index contributed by atoms with van der Waals surface area (Å²) in [6.07, 6.45) is 2.45. The molecule has 2 heterocycles. The maximum absolute atomic E-state index is 11.6. The molecule has 1 saturated carbocycles. The maximum atomic E-state index is 11.6. The zero-order valence-electron chi connectivity index (χ0n) is 9.74. The van der Waals surface area contributed by atoms with Crippen LogP contribution in [0.15, 0.2) is 17.5 Å². The fraction of sp³-hybridized carbons (Fsp3) is 0.455. The van der Waals surface area contributed by atoms with Crippen molar-refractivity contribution in [2.45, 2.75) is 19.4 Å². The molecule has 0 bridgehead atoms. The first-order valence-corrected chi connectivity index (χ1v) is 6.77. The van der Waals surface area contributed by atoms with Crippen molar-refractivity contribution in [3.63, 3.8) is 0 Å². The van der Waals surface area contributed by atoms with Gasteiger partial charge in [0.05, 0.1) is 4.88 Å². The first kappa shape index (κ1) is 11.3. The fourth-order valence-electron chi connectivity index (χ4n) is 1.58. The van der Waals surface area contributed by atoms with Crippen LogP contribution in [-0.4, -0.2) is 32.7 Å². The van der Waals surface area contributed by atoms with Gasteiger partial charge in [0.1, 0.15) is 6.54 Å². The van der Waals surface area contributed by atoms with E-state index >= 15 is 0 Å². The normalized spacial score (nSPS) is 14.7. The van der Waals surface area contributed by atoms with Crippen molar-refractivity contribution in [1.29, 1.82) is 0 Å². The van der Waals surface area contributed by atoms with Crippen molar-refractivity contribution in [3.8, 4) is 10.7 Å². The average Bonchev–Trinajstić information content (AvgIpc) is 2.85. The fourth-order valence-corrected chi connectivity index (χ4v) is 2.23. The van der Waals surface area contributed by atoms with Crippen molar-refractivity contribution >= 4 is 17.2 Å². The van der Waals surface area contributed by atoms with Crippen LogP contribution in [0.2, 0.25) is 0 Å². The predicted molar refractivity (Wildman–Crippen MR) is 66.9 cm³/mol. The Labute approximate surface area is 108 Å². The highest BCUT2D eigenvalue weighted by molar-refractivity contribution is 7.13. The van der Waals surface area contributed by atoms with E-state index in [0.29, 0.717) is 11.7 Å². The summed E-state index contributed by atoms with van der Waals surface area (Å²) >= 11 is 1.55. The predicted octanol–water partition coefficient (Wildman–Crippen LogP) is 0.928. The zero-order chi connectivity index (χ0) is 12.4. The molecule has 94 valence electrons. The molecule has 0 unspecified atom stereocenters. The molecule has 1 aliphatic carbocycles. The second-order valence-electron chi connectivity index (χ2n) is 4.37. The lowest BCUT2D eigenvalue weighted by Crippen LogP contribution is -2.30. The molecule has 0 aliphatic heterocycles. The summed E-state index contributed by atoms with van der Waals surface area (Å²) in [5.74, 6) is 1.19. The largest absolute Gasteiger partial charge is 0.354 e. The summed E-state index contributed by atoms with van der Waals surface area (Å²) in [5, 5.41) is 16.8. The number of rotatable bonds is 5. The van der Waals surface area contributed by atoms with E-state index in [4.69, 9.17) is 0 Å². The van der Waals surface area contributed by atoms with Gasteiger partial charge in [-0.05, 0) is 35.4 Å². The number of aromatic nitrogens is 4. The van der Waals surface area contributed by atoms with E-state index in [0.717, 1.165) is 11.4 Å². The van der Waals surface area contributed by atoms with Crippen molar-refractivity contribution < 1.29 is 4.79 Å². The molecule has 1 amide bonds. The van der Waals surface area contributed by atoms with Gasteiger partial charge in [-0.25, -0.2) is 0 Å². The van der Waals surface area contributed by atoms with Gasteiger partial charge in [0.2, 0.25) is 11.7 Å². The van der Waals surface area contributed by atoms with E-state index in [1.165, 1.54) is 17.6 Å². The molecule has 1 N–H and O–H groups in total. The topological polar surface area (TPSA) is 72.7 Å². The number of amides is 1. The minimum absolute atomic E-state index is 0.0583. The SMILES string of the molecule is O=C(Cn1nnc(-c2cccs2)n1)NCC1CC1. The molecule has 2 aromatic heterocycles. The summed E-state index contributed by atoms with van der Waals surface area (Å²) in [7, 11) is 0. The van der Waals surface area contributed by atoms with E-state index < -0.39 is 0 Å². The monoisotopic (exact) mass is 263 g/mol. The Kier molecular flexibility index (Phi) is 3.06. The number of nitrogens with zero attached hydrogens (tertiary/aromatic N) is 4. The number of carbonyl (C=O) groups excluding carboxylic acids is 1. The Morgan fingerprint density at radius 2 is 2.44 bits per heavy atom. The lowest BCUT2D eigenvalue weighted by atomic mass is 10.4. The van der Waals surface area contributed by atoms with Gasteiger partial charge in [-0.2, -0.15) is 4.80 Å². The minimum Gasteiger partial charge on any atom is -0.354 e. The third-order valence-electron chi connectivity index (χ3n) is 2.76. The summed E-state index contributed by atoms with van der Waals surface area (Å²) in [5.41, 5.74) is 0. The molecular formula is C11H13N5OS. The standard InChI is InChI=1S/C11H13N5OS/c17-10(12-6-8-3-4-8)7-16-14-11(13-15-16)9-2-1-5-18-9/h1-2,5,8H,3-4,6-7H2,(H,12,17). The van der Waals surface area contributed by atoms with Crippen LogP contribution in [0.1, 0.15) is 12.8 Å². The van der Waals surface area contributed by atoms with Gasteiger partial charge < -0.3 is 5.32 Å². The highest BCUT2D eigenvalue weighted by atomic mass is 32.1. The molecule has 0 spiro atoms. The van der Waals surface area contributed by atoms with Crippen LogP contribution in [0.3, 0.4) is 0 Å². The Bertz CT molecular complexity index is 531. The molecule has 0 radical (unpaired) electrons. The summed E-state index contributed by atoms with van der Waals surface area (Å²) in [4.78, 5) is 13.9. The van der Waals surface area contributed by atoms with Crippen LogP contribution in [0.25, 0.3) is 10.7 Å². The van der Waals surface area contributed by atoms with Crippen LogP contribution in [0.5, 0.6) is 0 Å². The third kappa shape index (κ3) is 2.73. The summed E-state index contributed by atoms with van der Waals surface area (Å²) < 4.78 is 0. The summed E-state index contributed by atoms with van der Waals surface area (Å²) in [6, 6.07) is 3.86. The zero-order valence-corrected chi connectivity index (χ0v) is 10.6. The lowest BCUT2D eigenvalue weighted by molar-refractivity contribution is -0.122. The van der Waals surface area contributed by atoms with Gasteiger partial charge in [0.25, 0.3) is 0 Å². The quantitative estimate of drug-likeness (QED) is 0.871. The van der Waals surface area contributed by atoms with E-state index in [9.17, 15) is 4.79 Å². The number of nitrogens with one attached hydrogen (secondary N) is 1. The third-order valence-corrected chi connectivity index (χ3v) is 3.63. The van der Waals surface area contributed by atoms with Crippen LogP contribution < -0.4 is 5.32 Å². The molecule has 3 rings (SSSR count). The van der Waals surface area contributed by atoms with Crippen molar-refractivity contribution in [2.75, 3.05) is 6.54 Å².